The van der Waals surface area contributed by atoms with Crippen LogP contribution in [0.1, 0.15) is 10.4 Å². The van der Waals surface area contributed by atoms with Crippen molar-refractivity contribution in [2.45, 2.75) is 12.8 Å². The van der Waals surface area contributed by atoms with Gasteiger partial charge in [-0.25, -0.2) is 4.98 Å². The Morgan fingerprint density at radius 3 is 2.75 bits per heavy atom. The zero-order chi connectivity index (χ0) is 13.4. The van der Waals surface area contributed by atoms with Crippen LogP contribution in [0.4, 0.5) is 11.5 Å². The van der Waals surface area contributed by atoms with Crippen molar-refractivity contribution in [3.63, 3.8) is 0 Å². The number of nitrogens with zero attached hydrogens (tertiary/aromatic N) is 2. The molecule has 0 spiro atoms. The van der Waals surface area contributed by atoms with Crippen LogP contribution >= 0.6 is 11.3 Å². The minimum atomic E-state index is 1.01. The summed E-state index contributed by atoms with van der Waals surface area (Å²) in [6.45, 7) is 0. The molecule has 0 radical (unpaired) electrons. The maximum absolute atomic E-state index is 4.76. The Morgan fingerprint density at radius 1 is 1.00 bits per heavy atom. The molecule has 1 aliphatic rings. The van der Waals surface area contributed by atoms with Crippen molar-refractivity contribution in [3.8, 4) is 10.6 Å². The molecule has 3 aromatic rings. The van der Waals surface area contributed by atoms with E-state index in [1.54, 1.807) is 11.3 Å². The Labute approximate surface area is 121 Å². The Kier molecular flexibility index (Phi) is 2.74. The highest BCUT2D eigenvalue weighted by molar-refractivity contribution is 7.15. The van der Waals surface area contributed by atoms with E-state index < -0.39 is 0 Å². The van der Waals surface area contributed by atoms with Crippen LogP contribution in [0, 0.1) is 0 Å². The number of benzene rings is 1. The van der Waals surface area contributed by atoms with Gasteiger partial charge in [0.05, 0.1) is 0 Å². The number of fused-ring (bicyclic) bond motifs is 2. The van der Waals surface area contributed by atoms with E-state index in [4.69, 9.17) is 4.98 Å². The highest BCUT2D eigenvalue weighted by atomic mass is 32.1. The summed E-state index contributed by atoms with van der Waals surface area (Å²) < 4.78 is 0. The van der Waals surface area contributed by atoms with E-state index in [0.717, 1.165) is 29.2 Å². The molecular weight excluding hydrogens is 266 g/mol. The zero-order valence-corrected chi connectivity index (χ0v) is 11.7. The first kappa shape index (κ1) is 11.6. The first-order valence-electron chi connectivity index (χ1n) is 6.65. The second-order valence-electron chi connectivity index (χ2n) is 4.81. The lowest BCUT2D eigenvalue weighted by Gasteiger charge is -2.05. The molecule has 0 fully saturated rings. The monoisotopic (exact) mass is 279 g/mol. The van der Waals surface area contributed by atoms with Crippen LogP contribution in [-0.4, -0.2) is 9.97 Å². The van der Waals surface area contributed by atoms with Crippen LogP contribution in [-0.2, 0) is 12.8 Å². The van der Waals surface area contributed by atoms with Crippen molar-refractivity contribution in [1.29, 1.82) is 0 Å². The van der Waals surface area contributed by atoms with E-state index in [1.807, 2.05) is 24.5 Å². The summed E-state index contributed by atoms with van der Waals surface area (Å²) in [5, 5.41) is 4.54. The Balaban J connectivity index is 1.75. The number of hydrogen-bond donors (Lipinski definition) is 1. The molecule has 0 unspecified atom stereocenters. The molecule has 1 N–H and O–H groups in total. The molecule has 4 heteroatoms. The molecular formula is C16H13N3S. The van der Waals surface area contributed by atoms with Gasteiger partial charge in [-0.2, -0.15) is 0 Å². The Morgan fingerprint density at radius 2 is 1.85 bits per heavy atom. The summed E-state index contributed by atoms with van der Waals surface area (Å²) in [5.74, 6) is 1.01. The second kappa shape index (κ2) is 4.72. The smallest absolute Gasteiger partial charge is 0.145 e. The van der Waals surface area contributed by atoms with Crippen LogP contribution in [0.3, 0.4) is 0 Å². The molecule has 98 valence electrons. The quantitative estimate of drug-likeness (QED) is 0.730. The first-order valence-corrected chi connectivity index (χ1v) is 7.47. The van der Waals surface area contributed by atoms with Crippen molar-refractivity contribution >= 4 is 22.8 Å². The molecule has 2 aromatic heterocycles. The molecule has 20 heavy (non-hydrogen) atoms. The molecule has 0 saturated heterocycles. The van der Waals surface area contributed by atoms with Crippen LogP contribution in [0.15, 0.2) is 48.8 Å². The molecule has 3 heterocycles. The van der Waals surface area contributed by atoms with Crippen LogP contribution < -0.4 is 5.32 Å². The maximum atomic E-state index is 4.76. The van der Waals surface area contributed by atoms with E-state index in [1.165, 1.54) is 16.1 Å². The predicted octanol–water partition coefficient (Wildman–Crippen LogP) is 4.05. The highest BCUT2D eigenvalue weighted by Gasteiger charge is 2.17. The van der Waals surface area contributed by atoms with Crippen molar-refractivity contribution in [1.82, 2.24) is 9.97 Å². The van der Waals surface area contributed by atoms with Gasteiger partial charge in [0.25, 0.3) is 0 Å². The lowest BCUT2D eigenvalue weighted by Crippen LogP contribution is -1.93. The number of hydrogen-bond acceptors (Lipinski definition) is 4. The third-order valence-electron chi connectivity index (χ3n) is 3.52. The van der Waals surface area contributed by atoms with Gasteiger partial charge in [-0.15, -0.1) is 11.3 Å². The zero-order valence-electron chi connectivity index (χ0n) is 10.8. The topological polar surface area (TPSA) is 37.8 Å². The molecule has 0 atom stereocenters. The minimum absolute atomic E-state index is 1.01. The number of anilines is 2. The lowest BCUT2D eigenvalue weighted by atomic mass is 10.1. The summed E-state index contributed by atoms with van der Waals surface area (Å²) in [7, 11) is 0. The number of nitrogens with one attached hydrogen (secondary N) is 1. The predicted molar refractivity (Wildman–Crippen MR) is 82.5 cm³/mol. The fraction of sp³-hybridized carbons (Fsp3) is 0.125. The SMILES string of the molecule is c1ccc2c(c1)CCc1sc(-c3ccncc3)nc1N2. The number of thiazole rings is 1. The number of pyridine rings is 1. The van der Waals surface area contributed by atoms with Crippen molar-refractivity contribution in [2.75, 3.05) is 5.32 Å². The van der Waals surface area contributed by atoms with Crippen LogP contribution in [0.25, 0.3) is 10.6 Å². The van der Waals surface area contributed by atoms with Gasteiger partial charge in [0, 0.05) is 28.5 Å². The number of aromatic nitrogens is 2. The molecule has 0 saturated carbocycles. The van der Waals surface area contributed by atoms with E-state index in [-0.39, 0.29) is 0 Å². The van der Waals surface area contributed by atoms with Gasteiger partial charge >= 0.3 is 0 Å². The number of rotatable bonds is 1. The lowest BCUT2D eigenvalue weighted by molar-refractivity contribution is 0.995. The largest absolute Gasteiger partial charge is 0.339 e. The maximum Gasteiger partial charge on any atom is 0.145 e. The van der Waals surface area contributed by atoms with Gasteiger partial charge in [-0.3, -0.25) is 4.98 Å². The average Bonchev–Trinajstić information content (AvgIpc) is 2.82. The fourth-order valence-corrected chi connectivity index (χ4v) is 3.49. The molecule has 0 amide bonds. The fourth-order valence-electron chi connectivity index (χ4n) is 2.47. The molecule has 4 rings (SSSR count). The summed E-state index contributed by atoms with van der Waals surface area (Å²) in [6.07, 6.45) is 5.73. The van der Waals surface area contributed by atoms with Crippen molar-refractivity contribution < 1.29 is 0 Å². The van der Waals surface area contributed by atoms with Gasteiger partial charge < -0.3 is 5.32 Å². The molecule has 1 aromatic carbocycles. The average molecular weight is 279 g/mol. The summed E-state index contributed by atoms with van der Waals surface area (Å²) in [4.78, 5) is 10.1. The van der Waals surface area contributed by atoms with Crippen molar-refractivity contribution in [2.24, 2.45) is 0 Å². The Hall–Kier alpha value is -2.20. The van der Waals surface area contributed by atoms with Crippen LogP contribution in [0.2, 0.25) is 0 Å². The van der Waals surface area contributed by atoms with E-state index in [0.29, 0.717) is 0 Å². The van der Waals surface area contributed by atoms with Gasteiger partial charge in [0.2, 0.25) is 0 Å². The minimum Gasteiger partial charge on any atom is -0.339 e. The highest BCUT2D eigenvalue weighted by Crippen LogP contribution is 2.36. The van der Waals surface area contributed by atoms with Crippen LogP contribution in [0.5, 0.6) is 0 Å². The van der Waals surface area contributed by atoms with Gasteiger partial charge in [0.15, 0.2) is 0 Å². The van der Waals surface area contributed by atoms with Gasteiger partial charge in [-0.1, -0.05) is 18.2 Å². The number of para-hydroxylation sites is 1. The summed E-state index contributed by atoms with van der Waals surface area (Å²) >= 11 is 1.77. The summed E-state index contributed by atoms with van der Waals surface area (Å²) in [6, 6.07) is 12.5. The van der Waals surface area contributed by atoms with E-state index in [9.17, 15) is 0 Å². The first-order chi connectivity index (χ1) is 9.90. The normalized spacial score (nSPS) is 13.0. The Bertz CT molecular complexity index is 749. The molecule has 3 nitrogen and oxygen atoms in total. The molecule has 0 aliphatic carbocycles. The summed E-state index contributed by atoms with van der Waals surface area (Å²) in [5.41, 5.74) is 3.68. The third-order valence-corrected chi connectivity index (χ3v) is 4.68. The number of aryl methyl sites for hydroxylation is 2. The van der Waals surface area contributed by atoms with Gasteiger partial charge in [-0.05, 0) is 36.6 Å². The van der Waals surface area contributed by atoms with E-state index >= 15 is 0 Å². The standard InChI is InChI=1S/C16H13N3S/c1-2-4-13-11(3-1)5-6-14-15(18-13)19-16(20-14)12-7-9-17-10-8-12/h1-4,7-10,18H,5-6H2. The second-order valence-corrected chi connectivity index (χ2v) is 5.89. The third kappa shape index (κ3) is 1.98. The molecule has 1 aliphatic heterocycles. The van der Waals surface area contributed by atoms with Crippen molar-refractivity contribution in [3.05, 3.63) is 59.2 Å². The van der Waals surface area contributed by atoms with E-state index in [2.05, 4.69) is 34.6 Å². The van der Waals surface area contributed by atoms with Gasteiger partial charge in [0.1, 0.15) is 10.8 Å². The molecule has 0 bridgehead atoms.